The predicted molar refractivity (Wildman–Crippen MR) is 87.9 cm³/mol. The van der Waals surface area contributed by atoms with Crippen LogP contribution in [-0.4, -0.2) is 17.1 Å². The molecule has 0 fully saturated rings. The van der Waals surface area contributed by atoms with E-state index in [0.717, 1.165) is 14.6 Å². The van der Waals surface area contributed by atoms with Crippen molar-refractivity contribution < 1.29 is 4.74 Å². The van der Waals surface area contributed by atoms with Crippen molar-refractivity contribution in [1.29, 1.82) is 0 Å². The lowest BCUT2D eigenvalue weighted by Gasteiger charge is -2.13. The number of aromatic nitrogens is 2. The molecule has 0 aliphatic rings. The first-order valence-corrected chi connectivity index (χ1v) is 7.48. The summed E-state index contributed by atoms with van der Waals surface area (Å²) in [5.41, 5.74) is 7.77. The molecule has 0 aliphatic heterocycles. The molecule has 1 aromatic carbocycles. The number of aryl methyl sites for hydroxylation is 1. The van der Waals surface area contributed by atoms with Gasteiger partial charge < -0.3 is 15.8 Å². The Hall–Kier alpha value is -1.05. The van der Waals surface area contributed by atoms with Crippen LogP contribution in [0.25, 0.3) is 0 Å². The number of rotatable bonds is 3. The van der Waals surface area contributed by atoms with Gasteiger partial charge in [0.15, 0.2) is 5.82 Å². The van der Waals surface area contributed by atoms with E-state index in [1.807, 2.05) is 12.1 Å². The average Bonchev–Trinajstić information content (AvgIpc) is 2.38. The number of nitrogens with one attached hydrogen (secondary N) is 1. The highest BCUT2D eigenvalue weighted by molar-refractivity contribution is 9.11. The summed E-state index contributed by atoms with van der Waals surface area (Å²) in [6.07, 6.45) is 0. The van der Waals surface area contributed by atoms with Gasteiger partial charge in [0.05, 0.1) is 28.7 Å². The number of nitrogen functional groups attached to an aromatic ring is 1. The number of benzene rings is 1. The number of nitrogens with two attached hydrogens (primary N) is 1. The molecular weight excluding hydrogens is 411 g/mol. The fraction of sp³-hybridized carbons (Fsp3) is 0.167. The molecule has 1 aromatic heterocycles. The first-order chi connectivity index (χ1) is 9.42. The second-order valence-electron chi connectivity index (χ2n) is 3.93. The largest absolute Gasteiger partial charge is 0.495 e. The Morgan fingerprint density at radius 3 is 2.60 bits per heavy atom. The second-order valence-corrected chi connectivity index (χ2v) is 5.98. The maximum Gasteiger partial charge on any atom is 0.224 e. The molecule has 3 N–H and O–H groups in total. The van der Waals surface area contributed by atoms with Gasteiger partial charge in [0.1, 0.15) is 5.75 Å². The number of hydrogen-bond acceptors (Lipinski definition) is 5. The van der Waals surface area contributed by atoms with Crippen molar-refractivity contribution in [2.75, 3.05) is 18.2 Å². The summed E-state index contributed by atoms with van der Waals surface area (Å²) in [4.78, 5) is 8.08. The van der Waals surface area contributed by atoms with E-state index in [2.05, 4.69) is 47.1 Å². The fourth-order valence-electron chi connectivity index (χ4n) is 1.55. The molecular formula is C12H11Br2ClN4O. The Bertz CT molecular complexity index is 666. The van der Waals surface area contributed by atoms with Gasteiger partial charge >= 0.3 is 0 Å². The van der Waals surface area contributed by atoms with Crippen LogP contribution in [0, 0.1) is 6.92 Å². The van der Waals surface area contributed by atoms with Crippen LogP contribution in [0.4, 0.5) is 17.2 Å². The highest BCUT2D eigenvalue weighted by Crippen LogP contribution is 2.36. The van der Waals surface area contributed by atoms with E-state index < -0.39 is 0 Å². The van der Waals surface area contributed by atoms with Gasteiger partial charge in [0, 0.05) is 10.5 Å². The predicted octanol–water partition coefficient (Wildman–Crippen LogP) is 4.30. The fourth-order valence-corrected chi connectivity index (χ4v) is 3.02. The van der Waals surface area contributed by atoms with Crippen LogP contribution >= 0.6 is 43.5 Å². The Kier molecular flexibility index (Phi) is 4.72. The monoisotopic (exact) mass is 420 g/mol. The maximum atomic E-state index is 5.95. The standard InChI is InChI=1S/C12H11Br2ClN4O/c1-5-10(16)11(19-12(15)17-5)18-8-4-9(20-2)7(14)3-6(8)13/h3-4H,16H2,1-2H3,(H,17,18,19). The molecule has 0 radical (unpaired) electrons. The van der Waals surface area contributed by atoms with E-state index >= 15 is 0 Å². The number of methoxy groups -OCH3 is 1. The van der Waals surface area contributed by atoms with Crippen LogP contribution in [0.1, 0.15) is 5.69 Å². The number of halogens is 3. The van der Waals surface area contributed by atoms with Gasteiger partial charge in [-0.2, -0.15) is 4.98 Å². The van der Waals surface area contributed by atoms with Crippen molar-refractivity contribution in [3.63, 3.8) is 0 Å². The second kappa shape index (κ2) is 6.15. The van der Waals surface area contributed by atoms with Crippen molar-refractivity contribution >= 4 is 60.7 Å². The van der Waals surface area contributed by atoms with E-state index in [1.54, 1.807) is 14.0 Å². The topological polar surface area (TPSA) is 73.1 Å². The number of anilines is 3. The molecule has 20 heavy (non-hydrogen) atoms. The number of hydrogen-bond donors (Lipinski definition) is 2. The van der Waals surface area contributed by atoms with E-state index in [-0.39, 0.29) is 5.28 Å². The molecule has 2 rings (SSSR count). The van der Waals surface area contributed by atoms with E-state index in [0.29, 0.717) is 22.9 Å². The van der Waals surface area contributed by atoms with Crippen LogP contribution in [0.5, 0.6) is 5.75 Å². The summed E-state index contributed by atoms with van der Waals surface area (Å²) in [6, 6.07) is 3.69. The number of nitrogens with zero attached hydrogens (tertiary/aromatic N) is 2. The summed E-state index contributed by atoms with van der Waals surface area (Å²) in [6.45, 7) is 1.77. The van der Waals surface area contributed by atoms with E-state index in [9.17, 15) is 0 Å². The van der Waals surface area contributed by atoms with Crippen LogP contribution < -0.4 is 15.8 Å². The molecule has 0 unspecified atom stereocenters. The quantitative estimate of drug-likeness (QED) is 0.722. The minimum Gasteiger partial charge on any atom is -0.495 e. The average molecular weight is 423 g/mol. The van der Waals surface area contributed by atoms with E-state index in [4.69, 9.17) is 22.1 Å². The van der Waals surface area contributed by atoms with Crippen molar-refractivity contribution in [1.82, 2.24) is 9.97 Å². The molecule has 0 aliphatic carbocycles. The highest BCUT2D eigenvalue weighted by atomic mass is 79.9. The zero-order valence-corrected chi connectivity index (χ0v) is 14.6. The Labute approximate surface area is 138 Å². The lowest BCUT2D eigenvalue weighted by atomic mass is 10.3. The number of ether oxygens (including phenoxy) is 1. The van der Waals surface area contributed by atoms with Crippen molar-refractivity contribution in [2.45, 2.75) is 6.92 Å². The lowest BCUT2D eigenvalue weighted by molar-refractivity contribution is 0.412. The normalized spacial score (nSPS) is 10.4. The van der Waals surface area contributed by atoms with Crippen LogP contribution in [-0.2, 0) is 0 Å². The first kappa shape index (κ1) is 15.3. The Morgan fingerprint density at radius 2 is 1.95 bits per heavy atom. The zero-order chi connectivity index (χ0) is 14.9. The van der Waals surface area contributed by atoms with Gasteiger partial charge in [-0.1, -0.05) is 0 Å². The summed E-state index contributed by atoms with van der Waals surface area (Å²) >= 11 is 12.7. The van der Waals surface area contributed by atoms with Crippen molar-refractivity contribution in [2.24, 2.45) is 0 Å². The maximum absolute atomic E-state index is 5.95. The van der Waals surface area contributed by atoms with Gasteiger partial charge in [-0.25, -0.2) is 4.98 Å². The first-order valence-electron chi connectivity index (χ1n) is 5.52. The van der Waals surface area contributed by atoms with Gasteiger partial charge in [-0.3, -0.25) is 0 Å². The van der Waals surface area contributed by atoms with Crippen LogP contribution in [0.15, 0.2) is 21.1 Å². The smallest absolute Gasteiger partial charge is 0.224 e. The van der Waals surface area contributed by atoms with Gasteiger partial charge in [0.2, 0.25) is 5.28 Å². The summed E-state index contributed by atoms with van der Waals surface area (Å²) in [7, 11) is 1.60. The minimum absolute atomic E-state index is 0.138. The SMILES string of the molecule is COc1cc(Nc2nc(Cl)nc(C)c2N)c(Br)cc1Br. The zero-order valence-electron chi connectivity index (χ0n) is 10.7. The van der Waals surface area contributed by atoms with E-state index in [1.165, 1.54) is 0 Å². The molecule has 106 valence electrons. The Balaban J connectivity index is 2.45. The third-order valence-electron chi connectivity index (χ3n) is 2.60. The molecule has 0 spiro atoms. The Morgan fingerprint density at radius 1 is 1.25 bits per heavy atom. The molecule has 0 saturated heterocycles. The highest BCUT2D eigenvalue weighted by Gasteiger charge is 2.12. The van der Waals surface area contributed by atoms with Gasteiger partial charge in [-0.15, -0.1) is 0 Å². The van der Waals surface area contributed by atoms with Gasteiger partial charge in [-0.05, 0) is 56.5 Å². The van der Waals surface area contributed by atoms with Crippen molar-refractivity contribution in [3.05, 3.63) is 32.1 Å². The van der Waals surface area contributed by atoms with Crippen LogP contribution in [0.3, 0.4) is 0 Å². The third-order valence-corrected chi connectivity index (χ3v) is 4.05. The third kappa shape index (κ3) is 3.16. The van der Waals surface area contributed by atoms with Gasteiger partial charge in [0.25, 0.3) is 0 Å². The summed E-state index contributed by atoms with van der Waals surface area (Å²) in [5, 5.41) is 3.25. The van der Waals surface area contributed by atoms with Crippen molar-refractivity contribution in [3.8, 4) is 5.75 Å². The molecule has 0 bridgehead atoms. The molecule has 0 saturated carbocycles. The molecule has 0 amide bonds. The summed E-state index contributed by atoms with van der Waals surface area (Å²) in [5.74, 6) is 1.14. The van der Waals surface area contributed by atoms with Crippen LogP contribution in [0.2, 0.25) is 5.28 Å². The molecule has 0 atom stereocenters. The molecule has 1 heterocycles. The molecule has 8 heteroatoms. The lowest BCUT2D eigenvalue weighted by Crippen LogP contribution is -2.04. The minimum atomic E-state index is 0.138. The summed E-state index contributed by atoms with van der Waals surface area (Å²) < 4.78 is 6.92. The molecule has 2 aromatic rings. The molecule has 5 nitrogen and oxygen atoms in total.